The van der Waals surface area contributed by atoms with E-state index in [2.05, 4.69) is 29.6 Å². The first-order valence-electron chi connectivity index (χ1n) is 8.65. The van der Waals surface area contributed by atoms with E-state index in [1.54, 1.807) is 6.07 Å². The van der Waals surface area contributed by atoms with E-state index in [4.69, 9.17) is 5.73 Å². The molecule has 2 N–H and O–H groups in total. The maximum absolute atomic E-state index is 13.0. The summed E-state index contributed by atoms with van der Waals surface area (Å²) in [6, 6.07) is 8.48. The summed E-state index contributed by atoms with van der Waals surface area (Å²) in [6.45, 7) is 5.67. The van der Waals surface area contributed by atoms with E-state index < -0.39 is 11.9 Å². The molecule has 0 amide bonds. The highest BCUT2D eigenvalue weighted by atomic mass is 19.4. The van der Waals surface area contributed by atoms with E-state index in [1.165, 1.54) is 11.8 Å². The predicted molar refractivity (Wildman–Crippen MR) is 97.8 cm³/mol. The van der Waals surface area contributed by atoms with Gasteiger partial charge in [-0.05, 0) is 53.8 Å². The number of aromatic nitrogens is 2. The summed E-state index contributed by atoms with van der Waals surface area (Å²) in [5.41, 5.74) is 8.27. The second kappa shape index (κ2) is 7.11. The van der Waals surface area contributed by atoms with Crippen LogP contribution in [0.1, 0.15) is 25.1 Å². The van der Waals surface area contributed by atoms with Crippen LogP contribution in [-0.2, 0) is 19.1 Å². The van der Waals surface area contributed by atoms with Crippen LogP contribution in [0.15, 0.2) is 42.7 Å². The van der Waals surface area contributed by atoms with E-state index >= 15 is 0 Å². The van der Waals surface area contributed by atoms with Gasteiger partial charge in [-0.1, -0.05) is 26.0 Å². The number of pyridine rings is 1. The van der Waals surface area contributed by atoms with Gasteiger partial charge < -0.3 is 10.3 Å². The standard InChI is InChI=1S/C20H22F3N3/c1-13(2)11-26-12-16(5-7-24)17-4-3-14(9-18(17)26)15-6-8-25-19(10-15)20(21,22)23/h3-4,6,8-10,12-13H,5,7,11,24H2,1-2H3. The molecule has 0 aliphatic heterocycles. The van der Waals surface area contributed by atoms with Gasteiger partial charge in [0, 0.05) is 29.8 Å². The highest BCUT2D eigenvalue weighted by Crippen LogP contribution is 2.32. The molecule has 0 radical (unpaired) electrons. The topological polar surface area (TPSA) is 43.8 Å². The monoisotopic (exact) mass is 361 g/mol. The fourth-order valence-corrected chi connectivity index (χ4v) is 3.21. The minimum Gasteiger partial charge on any atom is -0.347 e. The maximum atomic E-state index is 13.0. The number of rotatable bonds is 5. The normalized spacial score (nSPS) is 12.3. The van der Waals surface area contributed by atoms with Gasteiger partial charge in [-0.3, -0.25) is 4.98 Å². The summed E-state index contributed by atoms with van der Waals surface area (Å²) in [7, 11) is 0. The molecular weight excluding hydrogens is 339 g/mol. The molecule has 2 aromatic heterocycles. The lowest BCUT2D eigenvalue weighted by molar-refractivity contribution is -0.141. The van der Waals surface area contributed by atoms with Crippen molar-refractivity contribution in [3.63, 3.8) is 0 Å². The molecule has 26 heavy (non-hydrogen) atoms. The van der Waals surface area contributed by atoms with Gasteiger partial charge in [0.1, 0.15) is 5.69 Å². The first kappa shape index (κ1) is 18.5. The van der Waals surface area contributed by atoms with Gasteiger partial charge in [-0.25, -0.2) is 0 Å². The molecular formula is C20H22F3N3. The molecule has 138 valence electrons. The van der Waals surface area contributed by atoms with Gasteiger partial charge >= 0.3 is 6.18 Å². The Balaban J connectivity index is 2.11. The molecule has 1 aromatic carbocycles. The highest BCUT2D eigenvalue weighted by molar-refractivity contribution is 5.88. The van der Waals surface area contributed by atoms with Crippen molar-refractivity contribution in [2.75, 3.05) is 6.54 Å². The van der Waals surface area contributed by atoms with Crippen molar-refractivity contribution in [1.29, 1.82) is 0 Å². The first-order chi connectivity index (χ1) is 12.3. The zero-order valence-electron chi connectivity index (χ0n) is 14.8. The van der Waals surface area contributed by atoms with Crippen LogP contribution in [0.2, 0.25) is 0 Å². The van der Waals surface area contributed by atoms with Crippen molar-refractivity contribution in [3.8, 4) is 11.1 Å². The molecule has 0 aliphatic carbocycles. The Morgan fingerprint density at radius 2 is 1.85 bits per heavy atom. The summed E-state index contributed by atoms with van der Waals surface area (Å²) >= 11 is 0. The van der Waals surface area contributed by atoms with Crippen LogP contribution in [0.3, 0.4) is 0 Å². The average molecular weight is 361 g/mol. The second-order valence-corrected chi connectivity index (χ2v) is 6.90. The lowest BCUT2D eigenvalue weighted by Crippen LogP contribution is -2.07. The van der Waals surface area contributed by atoms with Crippen molar-refractivity contribution >= 4 is 10.9 Å². The molecule has 2 heterocycles. The van der Waals surface area contributed by atoms with E-state index in [9.17, 15) is 13.2 Å². The molecule has 0 atom stereocenters. The zero-order valence-corrected chi connectivity index (χ0v) is 14.8. The van der Waals surface area contributed by atoms with Gasteiger partial charge in [0.25, 0.3) is 0 Å². The van der Waals surface area contributed by atoms with Crippen molar-refractivity contribution < 1.29 is 13.2 Å². The second-order valence-electron chi connectivity index (χ2n) is 6.90. The van der Waals surface area contributed by atoms with Crippen molar-refractivity contribution in [2.45, 2.75) is 33.0 Å². The Kier molecular flexibility index (Phi) is 5.05. The minimum absolute atomic E-state index is 0.456. The van der Waals surface area contributed by atoms with Crippen LogP contribution >= 0.6 is 0 Å². The number of halogens is 3. The van der Waals surface area contributed by atoms with Crippen LogP contribution in [-0.4, -0.2) is 16.1 Å². The van der Waals surface area contributed by atoms with E-state index in [0.29, 0.717) is 18.0 Å². The van der Waals surface area contributed by atoms with Crippen LogP contribution in [0, 0.1) is 5.92 Å². The minimum atomic E-state index is -4.45. The average Bonchev–Trinajstić information content (AvgIpc) is 2.91. The highest BCUT2D eigenvalue weighted by Gasteiger charge is 2.32. The molecule has 0 unspecified atom stereocenters. The summed E-state index contributed by atoms with van der Waals surface area (Å²) in [6.07, 6.45) is -0.370. The molecule has 0 spiro atoms. The number of alkyl halides is 3. The molecule has 6 heteroatoms. The van der Waals surface area contributed by atoms with Crippen LogP contribution in [0.25, 0.3) is 22.0 Å². The summed E-state index contributed by atoms with van der Waals surface area (Å²) in [4.78, 5) is 3.44. The summed E-state index contributed by atoms with van der Waals surface area (Å²) in [5.74, 6) is 0.456. The van der Waals surface area contributed by atoms with Crippen molar-refractivity contribution in [2.24, 2.45) is 11.7 Å². The molecule has 0 saturated heterocycles. The number of fused-ring (bicyclic) bond motifs is 1. The molecule has 0 fully saturated rings. The van der Waals surface area contributed by atoms with Gasteiger partial charge in [0.2, 0.25) is 0 Å². The smallest absolute Gasteiger partial charge is 0.347 e. The van der Waals surface area contributed by atoms with Crippen LogP contribution < -0.4 is 5.73 Å². The predicted octanol–water partition coefficient (Wildman–Crippen LogP) is 4.88. The fraction of sp³-hybridized carbons (Fsp3) is 0.350. The largest absolute Gasteiger partial charge is 0.433 e. The third kappa shape index (κ3) is 3.75. The Morgan fingerprint density at radius 1 is 1.12 bits per heavy atom. The summed E-state index contributed by atoms with van der Waals surface area (Å²) in [5, 5.41) is 1.10. The van der Waals surface area contributed by atoms with Crippen molar-refractivity contribution in [3.05, 3.63) is 54.0 Å². The maximum Gasteiger partial charge on any atom is 0.433 e. The Bertz CT molecular complexity index is 910. The lowest BCUT2D eigenvalue weighted by atomic mass is 10.0. The number of benzene rings is 1. The Labute approximate surface area is 150 Å². The van der Waals surface area contributed by atoms with E-state index in [1.807, 2.05) is 18.2 Å². The molecule has 3 aromatic rings. The van der Waals surface area contributed by atoms with Gasteiger partial charge in [-0.2, -0.15) is 13.2 Å². The number of nitrogens with two attached hydrogens (primary N) is 1. The van der Waals surface area contributed by atoms with Crippen LogP contribution in [0.5, 0.6) is 0 Å². The Hall–Kier alpha value is -2.34. The molecule has 0 saturated carbocycles. The van der Waals surface area contributed by atoms with E-state index in [-0.39, 0.29) is 0 Å². The zero-order chi connectivity index (χ0) is 18.9. The summed E-state index contributed by atoms with van der Waals surface area (Å²) < 4.78 is 41.0. The first-order valence-corrected chi connectivity index (χ1v) is 8.65. The van der Waals surface area contributed by atoms with Gasteiger partial charge in [0.15, 0.2) is 0 Å². The third-order valence-electron chi connectivity index (χ3n) is 4.32. The van der Waals surface area contributed by atoms with Crippen LogP contribution in [0.4, 0.5) is 13.2 Å². The number of hydrogen-bond donors (Lipinski definition) is 1. The number of hydrogen-bond acceptors (Lipinski definition) is 2. The molecule has 3 nitrogen and oxygen atoms in total. The van der Waals surface area contributed by atoms with Gasteiger partial charge in [0.05, 0.1) is 0 Å². The molecule has 0 aliphatic rings. The molecule has 3 rings (SSSR count). The van der Waals surface area contributed by atoms with Gasteiger partial charge in [-0.15, -0.1) is 0 Å². The quantitative estimate of drug-likeness (QED) is 0.704. The fourth-order valence-electron chi connectivity index (χ4n) is 3.21. The number of nitrogens with zero attached hydrogens (tertiary/aromatic N) is 2. The Morgan fingerprint density at radius 3 is 2.50 bits per heavy atom. The SMILES string of the molecule is CC(C)Cn1cc(CCN)c2ccc(-c3ccnc(C(F)(F)F)c3)cc21. The molecule has 0 bridgehead atoms. The third-order valence-corrected chi connectivity index (χ3v) is 4.32. The van der Waals surface area contributed by atoms with Crippen molar-refractivity contribution in [1.82, 2.24) is 9.55 Å². The van der Waals surface area contributed by atoms with E-state index in [0.717, 1.165) is 35.5 Å². The lowest BCUT2D eigenvalue weighted by Gasteiger charge is -2.10.